The van der Waals surface area contributed by atoms with E-state index in [9.17, 15) is 14.9 Å². The molecule has 3 rings (SSSR count). The van der Waals surface area contributed by atoms with Crippen molar-refractivity contribution in [3.8, 4) is 5.75 Å². The summed E-state index contributed by atoms with van der Waals surface area (Å²) in [5.41, 5.74) is 2.19. The van der Waals surface area contributed by atoms with Crippen LogP contribution in [0.3, 0.4) is 0 Å². The van der Waals surface area contributed by atoms with Gasteiger partial charge in [0.1, 0.15) is 5.75 Å². The van der Waals surface area contributed by atoms with Crippen molar-refractivity contribution in [1.82, 2.24) is 0 Å². The van der Waals surface area contributed by atoms with Crippen LogP contribution in [0.2, 0.25) is 0 Å². The fraction of sp³-hybridized carbons (Fsp3) is 0.188. The average molecular weight is 298 g/mol. The van der Waals surface area contributed by atoms with Crippen LogP contribution in [0.1, 0.15) is 11.1 Å². The summed E-state index contributed by atoms with van der Waals surface area (Å²) in [4.78, 5) is 22.5. The van der Waals surface area contributed by atoms with Crippen molar-refractivity contribution in [1.29, 1.82) is 0 Å². The molecule has 0 radical (unpaired) electrons. The van der Waals surface area contributed by atoms with Crippen LogP contribution in [0.25, 0.3) is 0 Å². The summed E-state index contributed by atoms with van der Waals surface area (Å²) in [5.74, 6) is 0.469. The minimum absolute atomic E-state index is 0.0000190. The second-order valence-electron chi connectivity index (χ2n) is 5.16. The maximum Gasteiger partial charge on any atom is 0.269 e. The first-order chi connectivity index (χ1) is 10.5. The van der Waals surface area contributed by atoms with E-state index in [1.54, 1.807) is 6.92 Å². The predicted octanol–water partition coefficient (Wildman–Crippen LogP) is 2.85. The zero-order valence-electron chi connectivity index (χ0n) is 11.9. The van der Waals surface area contributed by atoms with Crippen LogP contribution < -0.4 is 10.1 Å². The Balaban J connectivity index is 1.72. The van der Waals surface area contributed by atoms with E-state index in [0.717, 1.165) is 11.3 Å². The van der Waals surface area contributed by atoms with Crippen molar-refractivity contribution in [2.75, 3.05) is 5.32 Å². The van der Waals surface area contributed by atoms with E-state index in [-0.39, 0.29) is 11.6 Å². The molecule has 0 unspecified atom stereocenters. The van der Waals surface area contributed by atoms with Gasteiger partial charge >= 0.3 is 0 Å². The van der Waals surface area contributed by atoms with Crippen LogP contribution in [0.5, 0.6) is 5.75 Å². The minimum Gasteiger partial charge on any atom is -0.480 e. The lowest BCUT2D eigenvalue weighted by molar-refractivity contribution is -0.384. The number of nitrogens with one attached hydrogen (secondary N) is 1. The molecule has 0 aliphatic carbocycles. The molecule has 0 bridgehead atoms. The van der Waals surface area contributed by atoms with Crippen molar-refractivity contribution in [3.63, 3.8) is 0 Å². The number of amides is 1. The summed E-state index contributed by atoms with van der Waals surface area (Å²) in [6.07, 6.45) is -0.0550. The number of aryl methyl sites for hydroxylation is 1. The Morgan fingerprint density at radius 1 is 1.32 bits per heavy atom. The number of hydrogen-bond donors (Lipinski definition) is 1. The minimum atomic E-state index is -0.577. The summed E-state index contributed by atoms with van der Waals surface area (Å²) in [6, 6.07) is 11.9. The smallest absolute Gasteiger partial charge is 0.269 e. The molecule has 0 fully saturated rings. The predicted molar refractivity (Wildman–Crippen MR) is 81.0 cm³/mol. The molecule has 0 aromatic heterocycles. The monoisotopic (exact) mass is 298 g/mol. The second-order valence-corrected chi connectivity index (χ2v) is 5.16. The average Bonchev–Trinajstić information content (AvgIpc) is 2.93. The number of non-ortho nitro benzene ring substituents is 1. The molecule has 0 saturated heterocycles. The number of ether oxygens (including phenoxy) is 1. The van der Waals surface area contributed by atoms with E-state index in [1.807, 2.05) is 24.3 Å². The van der Waals surface area contributed by atoms with Gasteiger partial charge in [-0.2, -0.15) is 0 Å². The molecule has 2 aromatic rings. The van der Waals surface area contributed by atoms with Crippen LogP contribution in [0.4, 0.5) is 11.4 Å². The van der Waals surface area contributed by atoms with E-state index in [1.165, 1.54) is 18.2 Å². The zero-order valence-corrected chi connectivity index (χ0v) is 11.9. The third kappa shape index (κ3) is 2.63. The molecule has 112 valence electrons. The van der Waals surface area contributed by atoms with Crippen molar-refractivity contribution >= 4 is 17.3 Å². The molecule has 2 aromatic carbocycles. The number of fused-ring (bicyclic) bond motifs is 1. The summed E-state index contributed by atoms with van der Waals surface area (Å²) < 4.78 is 5.62. The number of nitrogens with zero attached hydrogens (tertiary/aromatic N) is 1. The van der Waals surface area contributed by atoms with Crippen LogP contribution in [-0.4, -0.2) is 16.9 Å². The molecular formula is C16H14N2O4. The van der Waals surface area contributed by atoms with Crippen LogP contribution in [0.15, 0.2) is 42.5 Å². The van der Waals surface area contributed by atoms with Gasteiger partial charge in [0.25, 0.3) is 11.6 Å². The molecule has 1 aliphatic rings. The van der Waals surface area contributed by atoms with E-state index < -0.39 is 11.0 Å². The van der Waals surface area contributed by atoms with Gasteiger partial charge in [0.2, 0.25) is 0 Å². The molecule has 1 atom stereocenters. The SMILES string of the molecule is Cc1cc([N+](=O)[O-])ccc1NC(=O)[C@@H]1Cc2ccccc2O1. The Morgan fingerprint density at radius 3 is 2.77 bits per heavy atom. The number of nitro groups is 1. The maximum absolute atomic E-state index is 12.3. The number of hydrogen-bond acceptors (Lipinski definition) is 4. The summed E-state index contributed by atoms with van der Waals surface area (Å²) in [7, 11) is 0. The first-order valence-corrected chi connectivity index (χ1v) is 6.85. The highest BCUT2D eigenvalue weighted by Crippen LogP contribution is 2.29. The highest BCUT2D eigenvalue weighted by atomic mass is 16.6. The second kappa shape index (κ2) is 5.48. The van der Waals surface area contributed by atoms with Crippen molar-refractivity contribution in [2.24, 2.45) is 0 Å². The maximum atomic E-state index is 12.3. The Bertz CT molecular complexity index is 733. The van der Waals surface area contributed by atoms with Gasteiger partial charge in [-0.25, -0.2) is 0 Å². The normalized spacial score (nSPS) is 15.8. The summed E-state index contributed by atoms with van der Waals surface area (Å²) in [6.45, 7) is 1.72. The number of carbonyl (C=O) groups is 1. The third-order valence-corrected chi connectivity index (χ3v) is 3.62. The lowest BCUT2D eigenvalue weighted by Crippen LogP contribution is -2.31. The van der Waals surface area contributed by atoms with Gasteiger partial charge in [-0.15, -0.1) is 0 Å². The fourth-order valence-corrected chi connectivity index (χ4v) is 2.44. The van der Waals surface area contributed by atoms with Gasteiger partial charge in [0, 0.05) is 24.2 Å². The molecule has 1 heterocycles. The van der Waals surface area contributed by atoms with Gasteiger partial charge < -0.3 is 10.1 Å². The lowest BCUT2D eigenvalue weighted by atomic mass is 10.1. The lowest BCUT2D eigenvalue weighted by Gasteiger charge is -2.13. The highest BCUT2D eigenvalue weighted by Gasteiger charge is 2.29. The van der Waals surface area contributed by atoms with Crippen molar-refractivity contribution < 1.29 is 14.5 Å². The van der Waals surface area contributed by atoms with Crippen molar-refractivity contribution in [2.45, 2.75) is 19.4 Å². The van der Waals surface area contributed by atoms with Gasteiger partial charge in [-0.05, 0) is 30.2 Å². The van der Waals surface area contributed by atoms with Gasteiger partial charge in [-0.3, -0.25) is 14.9 Å². The van der Waals surface area contributed by atoms with Gasteiger partial charge in [0.05, 0.1) is 4.92 Å². The topological polar surface area (TPSA) is 81.5 Å². The van der Waals surface area contributed by atoms with E-state index in [0.29, 0.717) is 17.7 Å². The molecular weight excluding hydrogens is 284 g/mol. The Hall–Kier alpha value is -2.89. The number of nitro benzene ring substituents is 1. The third-order valence-electron chi connectivity index (χ3n) is 3.62. The molecule has 22 heavy (non-hydrogen) atoms. The van der Waals surface area contributed by atoms with E-state index >= 15 is 0 Å². The molecule has 1 N–H and O–H groups in total. The Morgan fingerprint density at radius 2 is 2.09 bits per heavy atom. The first kappa shape index (κ1) is 14.1. The number of rotatable bonds is 3. The molecule has 1 aliphatic heterocycles. The largest absolute Gasteiger partial charge is 0.480 e. The molecule has 6 heteroatoms. The van der Waals surface area contributed by atoms with Crippen molar-refractivity contribution in [3.05, 3.63) is 63.7 Å². The summed E-state index contributed by atoms with van der Waals surface area (Å²) in [5, 5.41) is 13.5. The molecule has 0 spiro atoms. The standard InChI is InChI=1S/C16H14N2O4/c1-10-8-12(18(20)21)6-7-13(10)17-16(19)15-9-11-4-2-3-5-14(11)22-15/h2-8,15H,9H2,1H3,(H,17,19)/t15-/m0/s1. The summed E-state index contributed by atoms with van der Waals surface area (Å²) >= 11 is 0. The number of carbonyl (C=O) groups excluding carboxylic acids is 1. The molecule has 0 saturated carbocycles. The van der Waals surface area contributed by atoms with Crippen LogP contribution in [-0.2, 0) is 11.2 Å². The van der Waals surface area contributed by atoms with Gasteiger partial charge in [-0.1, -0.05) is 18.2 Å². The number of benzene rings is 2. The zero-order chi connectivity index (χ0) is 15.7. The quantitative estimate of drug-likeness (QED) is 0.698. The van der Waals surface area contributed by atoms with E-state index in [4.69, 9.17) is 4.74 Å². The Kier molecular flexibility index (Phi) is 3.50. The highest BCUT2D eigenvalue weighted by molar-refractivity contribution is 5.95. The van der Waals surface area contributed by atoms with Gasteiger partial charge in [0.15, 0.2) is 6.10 Å². The first-order valence-electron chi connectivity index (χ1n) is 6.85. The van der Waals surface area contributed by atoms with Crippen LogP contribution >= 0.6 is 0 Å². The van der Waals surface area contributed by atoms with Crippen LogP contribution in [0, 0.1) is 17.0 Å². The van der Waals surface area contributed by atoms with E-state index in [2.05, 4.69) is 5.32 Å². The fourth-order valence-electron chi connectivity index (χ4n) is 2.44. The number of para-hydroxylation sites is 1. The Labute approximate surface area is 126 Å². The molecule has 6 nitrogen and oxygen atoms in total. The number of anilines is 1. The molecule has 1 amide bonds.